The van der Waals surface area contributed by atoms with Gasteiger partial charge >= 0.3 is 6.03 Å². The zero-order valence-electron chi connectivity index (χ0n) is 8.84. The Hall–Kier alpha value is -2.63. The third-order valence-corrected chi connectivity index (χ3v) is 2.41. The Bertz CT molecular complexity index is 642. The summed E-state index contributed by atoms with van der Waals surface area (Å²) in [7, 11) is 0. The van der Waals surface area contributed by atoms with E-state index in [9.17, 15) is 4.79 Å². The minimum absolute atomic E-state index is 0.290. The van der Waals surface area contributed by atoms with Crippen molar-refractivity contribution in [2.45, 2.75) is 0 Å². The molecule has 0 spiro atoms. The van der Waals surface area contributed by atoms with Crippen molar-refractivity contribution in [2.75, 3.05) is 4.90 Å². The van der Waals surface area contributed by atoms with Gasteiger partial charge < -0.3 is 10.3 Å². The summed E-state index contributed by atoms with van der Waals surface area (Å²) in [6.07, 6.45) is 6.60. The van der Waals surface area contributed by atoms with Gasteiger partial charge in [-0.1, -0.05) is 6.58 Å². The SMILES string of the molecule is C=C1C=CN(c2cnc3[nH]ccc3n2)C(=O)N1. The highest BCUT2D eigenvalue weighted by atomic mass is 16.2. The molecule has 1 aliphatic rings. The predicted molar refractivity (Wildman–Crippen MR) is 63.2 cm³/mol. The first-order valence-electron chi connectivity index (χ1n) is 5.01. The number of nitrogens with zero attached hydrogens (tertiary/aromatic N) is 3. The molecule has 1 aliphatic heterocycles. The predicted octanol–water partition coefficient (Wildman–Crippen LogP) is 1.51. The number of aromatic amines is 1. The number of carbonyl (C=O) groups excluding carboxylic acids is 1. The molecule has 2 aromatic heterocycles. The van der Waals surface area contributed by atoms with Crippen LogP contribution in [0, 0.1) is 0 Å². The molecule has 17 heavy (non-hydrogen) atoms. The zero-order valence-corrected chi connectivity index (χ0v) is 8.84. The molecule has 3 rings (SSSR count). The molecule has 2 aromatic rings. The van der Waals surface area contributed by atoms with Crippen LogP contribution >= 0.6 is 0 Å². The summed E-state index contributed by atoms with van der Waals surface area (Å²) < 4.78 is 0. The highest BCUT2D eigenvalue weighted by molar-refractivity contribution is 5.96. The fraction of sp³-hybridized carbons (Fsp3) is 0. The van der Waals surface area contributed by atoms with E-state index in [0.29, 0.717) is 22.7 Å². The number of rotatable bonds is 1. The van der Waals surface area contributed by atoms with Gasteiger partial charge in [-0.3, -0.25) is 4.90 Å². The fourth-order valence-electron chi connectivity index (χ4n) is 1.59. The second-order valence-corrected chi connectivity index (χ2v) is 3.58. The Kier molecular flexibility index (Phi) is 1.94. The van der Waals surface area contributed by atoms with Crippen molar-refractivity contribution in [1.29, 1.82) is 0 Å². The van der Waals surface area contributed by atoms with Crippen LogP contribution < -0.4 is 10.2 Å². The molecule has 84 valence electrons. The molecule has 0 atom stereocenters. The number of carbonyl (C=O) groups is 1. The van der Waals surface area contributed by atoms with E-state index in [2.05, 4.69) is 26.8 Å². The molecule has 6 heteroatoms. The number of amides is 2. The number of aromatic nitrogens is 3. The second-order valence-electron chi connectivity index (χ2n) is 3.58. The monoisotopic (exact) mass is 227 g/mol. The third-order valence-electron chi connectivity index (χ3n) is 2.41. The van der Waals surface area contributed by atoms with E-state index < -0.39 is 0 Å². The molecule has 0 radical (unpaired) electrons. The molecule has 2 amide bonds. The van der Waals surface area contributed by atoms with Gasteiger partial charge in [-0.15, -0.1) is 0 Å². The van der Waals surface area contributed by atoms with Crippen molar-refractivity contribution in [3.05, 3.63) is 43.0 Å². The van der Waals surface area contributed by atoms with Crippen LogP contribution in [0.3, 0.4) is 0 Å². The van der Waals surface area contributed by atoms with Crippen molar-refractivity contribution in [3.63, 3.8) is 0 Å². The van der Waals surface area contributed by atoms with E-state index in [1.807, 2.05) is 0 Å². The highest BCUT2D eigenvalue weighted by Gasteiger charge is 2.18. The van der Waals surface area contributed by atoms with Crippen LogP contribution in [0.2, 0.25) is 0 Å². The molecular weight excluding hydrogens is 218 g/mol. The first kappa shape index (κ1) is 9.59. The summed E-state index contributed by atoms with van der Waals surface area (Å²) in [5.41, 5.74) is 1.97. The quantitative estimate of drug-likeness (QED) is 0.775. The first-order valence-corrected chi connectivity index (χ1v) is 5.01. The van der Waals surface area contributed by atoms with Gasteiger partial charge in [0.25, 0.3) is 0 Å². The summed E-state index contributed by atoms with van der Waals surface area (Å²) in [5, 5.41) is 2.60. The molecule has 0 saturated heterocycles. The number of allylic oxidation sites excluding steroid dienone is 1. The van der Waals surface area contributed by atoms with Gasteiger partial charge in [0.15, 0.2) is 11.5 Å². The number of urea groups is 1. The van der Waals surface area contributed by atoms with Crippen LogP contribution in [0.25, 0.3) is 11.2 Å². The summed E-state index contributed by atoms with van der Waals surface area (Å²) in [6, 6.07) is 1.51. The second kappa shape index (κ2) is 3.44. The Balaban J connectivity index is 2.05. The van der Waals surface area contributed by atoms with Crippen LogP contribution in [-0.2, 0) is 0 Å². The smallest absolute Gasteiger partial charge is 0.331 e. The molecule has 0 bridgehead atoms. The molecule has 3 heterocycles. The molecule has 0 aromatic carbocycles. The van der Waals surface area contributed by atoms with Crippen molar-refractivity contribution < 1.29 is 4.79 Å². The van der Waals surface area contributed by atoms with E-state index in [1.54, 1.807) is 24.5 Å². The number of anilines is 1. The van der Waals surface area contributed by atoms with Gasteiger partial charge in [-0.25, -0.2) is 14.8 Å². The lowest BCUT2D eigenvalue weighted by Crippen LogP contribution is -2.39. The lowest BCUT2D eigenvalue weighted by molar-refractivity contribution is 0.250. The summed E-state index contributed by atoms with van der Waals surface area (Å²) >= 11 is 0. The van der Waals surface area contributed by atoms with E-state index in [1.165, 1.54) is 11.1 Å². The minimum Gasteiger partial charge on any atom is -0.345 e. The van der Waals surface area contributed by atoms with Gasteiger partial charge in [0.2, 0.25) is 0 Å². The van der Waals surface area contributed by atoms with Gasteiger partial charge in [0.05, 0.1) is 6.20 Å². The van der Waals surface area contributed by atoms with Crippen LogP contribution in [0.4, 0.5) is 10.6 Å². The van der Waals surface area contributed by atoms with Crippen molar-refractivity contribution in [3.8, 4) is 0 Å². The van der Waals surface area contributed by atoms with Gasteiger partial charge in [0, 0.05) is 18.1 Å². The topological polar surface area (TPSA) is 73.9 Å². The number of nitrogens with one attached hydrogen (secondary N) is 2. The van der Waals surface area contributed by atoms with E-state index in [0.717, 1.165) is 0 Å². The van der Waals surface area contributed by atoms with E-state index in [-0.39, 0.29) is 6.03 Å². The number of hydrogen-bond donors (Lipinski definition) is 2. The number of fused-ring (bicyclic) bond motifs is 1. The zero-order chi connectivity index (χ0) is 11.8. The maximum absolute atomic E-state index is 11.7. The Morgan fingerprint density at radius 3 is 3.12 bits per heavy atom. The summed E-state index contributed by atoms with van der Waals surface area (Å²) in [4.78, 5) is 24.5. The number of H-pyrrole nitrogens is 1. The summed E-state index contributed by atoms with van der Waals surface area (Å²) in [6.45, 7) is 3.65. The average molecular weight is 227 g/mol. The molecule has 0 fully saturated rings. The molecule has 0 aliphatic carbocycles. The fourth-order valence-corrected chi connectivity index (χ4v) is 1.59. The van der Waals surface area contributed by atoms with Crippen LogP contribution in [0.15, 0.2) is 43.0 Å². The Labute approximate surface area is 96.7 Å². The van der Waals surface area contributed by atoms with Crippen LogP contribution in [-0.4, -0.2) is 21.0 Å². The first-order chi connectivity index (χ1) is 8.24. The van der Waals surface area contributed by atoms with Crippen LogP contribution in [0.1, 0.15) is 0 Å². The van der Waals surface area contributed by atoms with Crippen molar-refractivity contribution in [1.82, 2.24) is 20.3 Å². The third kappa shape index (κ3) is 1.55. The lowest BCUT2D eigenvalue weighted by Gasteiger charge is -2.21. The Morgan fingerprint density at radius 1 is 1.41 bits per heavy atom. The maximum Gasteiger partial charge on any atom is 0.331 e. The average Bonchev–Trinajstić information content (AvgIpc) is 2.75. The van der Waals surface area contributed by atoms with E-state index in [4.69, 9.17) is 0 Å². The van der Waals surface area contributed by atoms with E-state index >= 15 is 0 Å². The molecule has 6 nitrogen and oxygen atoms in total. The lowest BCUT2D eigenvalue weighted by atomic mass is 10.4. The summed E-state index contributed by atoms with van der Waals surface area (Å²) in [5.74, 6) is 0.471. The normalized spacial score (nSPS) is 15.4. The Morgan fingerprint density at radius 2 is 2.29 bits per heavy atom. The van der Waals surface area contributed by atoms with Crippen molar-refractivity contribution in [2.24, 2.45) is 0 Å². The van der Waals surface area contributed by atoms with Crippen LogP contribution in [0.5, 0.6) is 0 Å². The standard InChI is InChI=1S/C11H9N5O/c1-7-3-5-16(11(17)14-7)9-6-13-10-8(15-9)2-4-12-10/h2-6H,1H2,(H,12,13)(H,14,17). The highest BCUT2D eigenvalue weighted by Crippen LogP contribution is 2.17. The van der Waals surface area contributed by atoms with Gasteiger partial charge in [0.1, 0.15) is 5.52 Å². The van der Waals surface area contributed by atoms with Gasteiger partial charge in [-0.05, 0) is 12.1 Å². The van der Waals surface area contributed by atoms with Crippen molar-refractivity contribution >= 4 is 23.0 Å². The minimum atomic E-state index is -0.290. The molecule has 0 unspecified atom stereocenters. The van der Waals surface area contributed by atoms with Gasteiger partial charge in [-0.2, -0.15) is 0 Å². The molecular formula is C11H9N5O. The largest absolute Gasteiger partial charge is 0.345 e. The molecule has 0 saturated carbocycles. The molecule has 2 N–H and O–H groups in total. The number of hydrogen-bond acceptors (Lipinski definition) is 3. The maximum atomic E-state index is 11.7.